The van der Waals surface area contributed by atoms with Crippen molar-refractivity contribution in [1.82, 2.24) is 5.32 Å². The lowest BCUT2D eigenvalue weighted by Crippen LogP contribution is -2.24. The second kappa shape index (κ2) is 8.25. The van der Waals surface area contributed by atoms with Gasteiger partial charge in [0.25, 0.3) is 0 Å². The lowest BCUT2D eigenvalue weighted by molar-refractivity contribution is 0.0698. The van der Waals surface area contributed by atoms with Crippen molar-refractivity contribution in [1.29, 1.82) is 0 Å². The first-order valence-corrected chi connectivity index (χ1v) is 7.12. The molecule has 122 valence electrons. The monoisotopic (exact) mass is 324 g/mol. The first kappa shape index (κ1) is 16.9. The number of alkyl carbamates (subject to hydrolysis) is 1. The van der Waals surface area contributed by atoms with Gasteiger partial charge in [-0.1, -0.05) is 42.2 Å². The number of amides is 1. The quantitative estimate of drug-likeness (QED) is 0.591. The summed E-state index contributed by atoms with van der Waals surface area (Å²) in [4.78, 5) is 22.5. The minimum Gasteiger partial charge on any atom is -0.478 e. The standard InChI is InChI=1S/C18H16N2O4/c19-16-9-8-13(11-15(16)17(21)22)7-4-10-20-18(23)24-12-14-5-2-1-3-6-14/h1-3,5-6,8-9,11H,10,12,19H2,(H,20,23)(H,21,22). The van der Waals surface area contributed by atoms with Gasteiger partial charge in [0.2, 0.25) is 0 Å². The number of anilines is 1. The molecule has 2 aromatic carbocycles. The molecule has 0 bridgehead atoms. The highest BCUT2D eigenvalue weighted by Gasteiger charge is 2.07. The maximum atomic E-state index is 11.5. The number of aromatic carboxylic acids is 1. The third-order valence-corrected chi connectivity index (χ3v) is 3.05. The fraction of sp³-hybridized carbons (Fsp3) is 0.111. The summed E-state index contributed by atoms with van der Waals surface area (Å²) in [6, 6.07) is 13.8. The van der Waals surface area contributed by atoms with E-state index < -0.39 is 12.1 Å². The smallest absolute Gasteiger partial charge is 0.408 e. The predicted molar refractivity (Wildman–Crippen MR) is 89.3 cm³/mol. The SMILES string of the molecule is Nc1ccc(C#CCNC(=O)OCc2ccccc2)cc1C(=O)O. The molecule has 2 rings (SSSR count). The van der Waals surface area contributed by atoms with Gasteiger partial charge in [-0.15, -0.1) is 0 Å². The van der Waals surface area contributed by atoms with Crippen LogP contribution >= 0.6 is 0 Å². The molecule has 0 saturated carbocycles. The molecule has 0 aliphatic rings. The zero-order chi connectivity index (χ0) is 17.4. The topological polar surface area (TPSA) is 102 Å². The number of nitrogen functional groups attached to an aromatic ring is 1. The summed E-state index contributed by atoms with van der Waals surface area (Å²) >= 11 is 0. The lowest BCUT2D eigenvalue weighted by atomic mass is 10.1. The molecule has 0 unspecified atom stereocenters. The van der Waals surface area contributed by atoms with E-state index in [4.69, 9.17) is 15.6 Å². The Morgan fingerprint density at radius 2 is 1.92 bits per heavy atom. The molecule has 0 aromatic heterocycles. The van der Waals surface area contributed by atoms with Gasteiger partial charge in [-0.3, -0.25) is 0 Å². The van der Waals surface area contributed by atoms with Gasteiger partial charge in [0.15, 0.2) is 0 Å². The van der Waals surface area contributed by atoms with Crippen molar-refractivity contribution in [3.8, 4) is 11.8 Å². The van der Waals surface area contributed by atoms with E-state index in [1.165, 1.54) is 12.1 Å². The zero-order valence-corrected chi connectivity index (χ0v) is 12.8. The van der Waals surface area contributed by atoms with Crippen LogP contribution in [0.4, 0.5) is 10.5 Å². The fourth-order valence-corrected chi connectivity index (χ4v) is 1.86. The highest BCUT2D eigenvalue weighted by Crippen LogP contribution is 2.13. The number of carbonyl (C=O) groups is 2. The molecule has 0 saturated heterocycles. The fourth-order valence-electron chi connectivity index (χ4n) is 1.86. The van der Waals surface area contributed by atoms with Crippen molar-refractivity contribution in [2.45, 2.75) is 6.61 Å². The Kier molecular flexibility index (Phi) is 5.81. The van der Waals surface area contributed by atoms with Crippen LogP contribution in [0.25, 0.3) is 0 Å². The van der Waals surface area contributed by atoms with Gasteiger partial charge < -0.3 is 20.9 Å². The van der Waals surface area contributed by atoms with Crippen molar-refractivity contribution in [3.63, 3.8) is 0 Å². The first-order chi connectivity index (χ1) is 11.6. The number of carbonyl (C=O) groups excluding carboxylic acids is 1. The second-order valence-electron chi connectivity index (χ2n) is 4.82. The normalized spacial score (nSPS) is 9.50. The molecule has 6 heteroatoms. The van der Waals surface area contributed by atoms with Crippen LogP contribution < -0.4 is 11.1 Å². The number of carboxylic acids is 1. The second-order valence-corrected chi connectivity index (χ2v) is 4.82. The largest absolute Gasteiger partial charge is 0.478 e. The van der Waals surface area contributed by atoms with Crippen LogP contribution in [0, 0.1) is 11.8 Å². The van der Waals surface area contributed by atoms with E-state index in [1.54, 1.807) is 6.07 Å². The third kappa shape index (κ3) is 5.07. The van der Waals surface area contributed by atoms with Crippen LogP contribution in [0.5, 0.6) is 0 Å². The molecule has 0 radical (unpaired) electrons. The first-order valence-electron chi connectivity index (χ1n) is 7.12. The Bertz CT molecular complexity index is 792. The zero-order valence-electron chi connectivity index (χ0n) is 12.8. The molecule has 4 N–H and O–H groups in total. The Balaban J connectivity index is 1.82. The van der Waals surface area contributed by atoms with Crippen LogP contribution in [-0.4, -0.2) is 23.7 Å². The Hall–Kier alpha value is -3.46. The average Bonchev–Trinajstić information content (AvgIpc) is 2.59. The summed E-state index contributed by atoms with van der Waals surface area (Å²) < 4.78 is 5.03. The summed E-state index contributed by atoms with van der Waals surface area (Å²) in [5.74, 6) is 4.37. The van der Waals surface area contributed by atoms with Crippen LogP contribution in [-0.2, 0) is 11.3 Å². The Morgan fingerprint density at radius 3 is 2.62 bits per heavy atom. The van der Waals surface area contributed by atoms with Gasteiger partial charge >= 0.3 is 12.1 Å². The van der Waals surface area contributed by atoms with E-state index >= 15 is 0 Å². The maximum absolute atomic E-state index is 11.5. The number of hydrogen-bond acceptors (Lipinski definition) is 4. The minimum atomic E-state index is -1.11. The molecule has 0 aliphatic carbocycles. The molecular formula is C18H16N2O4. The molecule has 0 fully saturated rings. The number of benzene rings is 2. The van der Waals surface area contributed by atoms with Crippen molar-refractivity contribution < 1.29 is 19.4 Å². The molecule has 2 aromatic rings. The molecule has 0 heterocycles. The maximum Gasteiger partial charge on any atom is 0.408 e. The number of nitrogens with two attached hydrogens (primary N) is 1. The highest BCUT2D eigenvalue weighted by molar-refractivity contribution is 5.94. The van der Waals surface area contributed by atoms with E-state index in [0.29, 0.717) is 5.56 Å². The third-order valence-electron chi connectivity index (χ3n) is 3.05. The molecule has 0 aliphatic heterocycles. The molecular weight excluding hydrogens is 308 g/mol. The van der Waals surface area contributed by atoms with Gasteiger partial charge in [0.1, 0.15) is 6.61 Å². The van der Waals surface area contributed by atoms with Crippen LogP contribution in [0.3, 0.4) is 0 Å². The molecule has 1 amide bonds. The number of carboxylic acid groups (broad SMARTS) is 1. The molecule has 0 spiro atoms. The molecule has 0 atom stereocenters. The lowest BCUT2D eigenvalue weighted by Gasteiger charge is -2.04. The Morgan fingerprint density at radius 1 is 1.17 bits per heavy atom. The van der Waals surface area contributed by atoms with Crippen LogP contribution in [0.2, 0.25) is 0 Å². The highest BCUT2D eigenvalue weighted by atomic mass is 16.5. The summed E-state index contributed by atoms with van der Waals surface area (Å²) in [7, 11) is 0. The summed E-state index contributed by atoms with van der Waals surface area (Å²) in [6.45, 7) is 0.264. The van der Waals surface area contributed by atoms with Crippen molar-refractivity contribution in [2.24, 2.45) is 0 Å². The van der Waals surface area contributed by atoms with E-state index in [2.05, 4.69) is 17.2 Å². The van der Waals surface area contributed by atoms with Crippen LogP contribution in [0.1, 0.15) is 21.5 Å². The average molecular weight is 324 g/mol. The van der Waals surface area contributed by atoms with Gasteiger partial charge in [-0.25, -0.2) is 9.59 Å². The molecule has 6 nitrogen and oxygen atoms in total. The molecule has 24 heavy (non-hydrogen) atoms. The van der Waals surface area contributed by atoms with Crippen molar-refractivity contribution >= 4 is 17.7 Å². The van der Waals surface area contributed by atoms with E-state index in [1.807, 2.05) is 30.3 Å². The predicted octanol–water partition coefficient (Wildman–Crippen LogP) is 2.24. The van der Waals surface area contributed by atoms with Gasteiger partial charge in [-0.05, 0) is 23.8 Å². The van der Waals surface area contributed by atoms with E-state index in [-0.39, 0.29) is 24.4 Å². The number of ether oxygens (including phenoxy) is 1. The van der Waals surface area contributed by atoms with Crippen molar-refractivity contribution in [3.05, 3.63) is 65.2 Å². The van der Waals surface area contributed by atoms with Crippen molar-refractivity contribution in [2.75, 3.05) is 12.3 Å². The van der Waals surface area contributed by atoms with Gasteiger partial charge in [0, 0.05) is 11.3 Å². The van der Waals surface area contributed by atoms with Gasteiger partial charge in [-0.2, -0.15) is 0 Å². The van der Waals surface area contributed by atoms with Gasteiger partial charge in [0.05, 0.1) is 12.1 Å². The van der Waals surface area contributed by atoms with E-state index in [9.17, 15) is 9.59 Å². The number of nitrogens with one attached hydrogen (secondary N) is 1. The van der Waals surface area contributed by atoms with Crippen LogP contribution in [0.15, 0.2) is 48.5 Å². The minimum absolute atomic E-state index is 0.00275. The number of hydrogen-bond donors (Lipinski definition) is 3. The summed E-state index contributed by atoms with van der Waals surface area (Å²) in [6.07, 6.45) is -0.573. The number of rotatable bonds is 4. The Labute approximate surface area is 139 Å². The summed E-state index contributed by atoms with van der Waals surface area (Å²) in [5.41, 5.74) is 7.13. The van der Waals surface area contributed by atoms with E-state index in [0.717, 1.165) is 5.56 Å². The summed E-state index contributed by atoms with van der Waals surface area (Å²) in [5, 5.41) is 11.5.